The van der Waals surface area contributed by atoms with Crippen LogP contribution in [0.3, 0.4) is 0 Å². The summed E-state index contributed by atoms with van der Waals surface area (Å²) >= 11 is 0. The first kappa shape index (κ1) is 9.46. The molecule has 3 N–H and O–H groups in total. The van der Waals surface area contributed by atoms with Crippen LogP contribution in [0.5, 0.6) is 0 Å². The summed E-state index contributed by atoms with van der Waals surface area (Å²) in [5, 5.41) is 1.24. The van der Waals surface area contributed by atoms with E-state index >= 15 is 0 Å². The molecule has 0 saturated heterocycles. The smallest absolute Gasteiger partial charge is 0.226 e. The normalized spacial score (nSPS) is 19.6. The van der Waals surface area contributed by atoms with Gasteiger partial charge in [0.05, 0.1) is 5.92 Å². The van der Waals surface area contributed by atoms with Gasteiger partial charge in [-0.1, -0.05) is 18.2 Å². The van der Waals surface area contributed by atoms with Crippen LogP contribution in [0.25, 0.3) is 10.9 Å². The van der Waals surface area contributed by atoms with E-state index in [-0.39, 0.29) is 11.8 Å². The molecule has 0 spiro atoms. The van der Waals surface area contributed by atoms with Gasteiger partial charge in [-0.25, -0.2) is 0 Å². The van der Waals surface area contributed by atoms with E-state index in [1.165, 1.54) is 10.9 Å². The van der Waals surface area contributed by atoms with Gasteiger partial charge < -0.3 is 10.7 Å². The number of aromatic amines is 1. The van der Waals surface area contributed by atoms with Gasteiger partial charge in [-0.05, 0) is 30.9 Å². The van der Waals surface area contributed by atoms with Crippen LogP contribution in [0.15, 0.2) is 24.3 Å². The predicted octanol–water partition coefficient (Wildman–Crippen LogP) is 2.07. The minimum Gasteiger partial charge on any atom is -0.369 e. The van der Waals surface area contributed by atoms with Gasteiger partial charge in [-0.2, -0.15) is 0 Å². The second-order valence-corrected chi connectivity index (χ2v) is 4.41. The lowest BCUT2D eigenvalue weighted by Crippen LogP contribution is -2.24. The molecule has 1 aromatic heterocycles. The molecule has 0 saturated carbocycles. The van der Waals surface area contributed by atoms with Crippen LogP contribution < -0.4 is 5.73 Å². The Morgan fingerprint density at radius 3 is 3.00 bits per heavy atom. The molecule has 16 heavy (non-hydrogen) atoms. The van der Waals surface area contributed by atoms with Crippen LogP contribution in [0.1, 0.15) is 30.0 Å². The molecule has 0 fully saturated rings. The lowest BCUT2D eigenvalue weighted by molar-refractivity contribution is -0.119. The predicted molar refractivity (Wildman–Crippen MR) is 63.2 cm³/mol. The van der Waals surface area contributed by atoms with E-state index in [0.717, 1.165) is 30.5 Å². The van der Waals surface area contributed by atoms with E-state index < -0.39 is 0 Å². The average molecular weight is 214 g/mol. The summed E-state index contributed by atoms with van der Waals surface area (Å²) in [7, 11) is 0. The largest absolute Gasteiger partial charge is 0.369 e. The summed E-state index contributed by atoms with van der Waals surface area (Å²) in [6.07, 6.45) is 2.96. The fourth-order valence-corrected chi connectivity index (χ4v) is 2.70. The van der Waals surface area contributed by atoms with Crippen LogP contribution in [0, 0.1) is 0 Å². The monoisotopic (exact) mass is 214 g/mol. The molecule has 1 unspecified atom stereocenters. The van der Waals surface area contributed by atoms with Crippen molar-refractivity contribution in [3.05, 3.63) is 35.5 Å². The number of nitrogens with one attached hydrogen (secondary N) is 1. The van der Waals surface area contributed by atoms with E-state index in [4.69, 9.17) is 5.73 Å². The van der Waals surface area contributed by atoms with Gasteiger partial charge in [0.25, 0.3) is 0 Å². The fourth-order valence-electron chi connectivity index (χ4n) is 2.70. The number of benzene rings is 1. The van der Waals surface area contributed by atoms with Gasteiger partial charge in [0.2, 0.25) is 5.91 Å². The molecule has 82 valence electrons. The van der Waals surface area contributed by atoms with Crippen LogP contribution in [-0.2, 0) is 11.2 Å². The van der Waals surface area contributed by atoms with Gasteiger partial charge >= 0.3 is 0 Å². The Labute approximate surface area is 93.6 Å². The van der Waals surface area contributed by atoms with Crippen LogP contribution in [-0.4, -0.2) is 10.9 Å². The number of fused-ring (bicyclic) bond motifs is 3. The minimum absolute atomic E-state index is 0.129. The number of aryl methyl sites for hydroxylation is 1. The zero-order chi connectivity index (χ0) is 11.1. The summed E-state index contributed by atoms with van der Waals surface area (Å²) in [5.41, 5.74) is 8.88. The standard InChI is InChI=1S/C13H14N2O/c14-13(16)10-6-3-5-9-8-4-1-2-7-11(8)15-12(9)10/h1-2,4,7,10,15H,3,5-6H2,(H2,14,16). The topological polar surface area (TPSA) is 58.9 Å². The Morgan fingerprint density at radius 2 is 2.19 bits per heavy atom. The molecule has 1 atom stereocenters. The molecule has 0 bridgehead atoms. The number of primary amides is 1. The van der Waals surface area contributed by atoms with Crippen molar-refractivity contribution >= 4 is 16.8 Å². The molecule has 3 heteroatoms. The molecule has 1 aliphatic carbocycles. The molecule has 2 aromatic rings. The highest BCUT2D eigenvalue weighted by atomic mass is 16.1. The maximum atomic E-state index is 11.4. The van der Waals surface area contributed by atoms with Crippen molar-refractivity contribution in [3.8, 4) is 0 Å². The average Bonchev–Trinajstić information content (AvgIpc) is 2.67. The van der Waals surface area contributed by atoms with Crippen molar-refractivity contribution in [2.45, 2.75) is 25.2 Å². The number of carbonyl (C=O) groups is 1. The molecule has 3 nitrogen and oxygen atoms in total. The van der Waals surface area contributed by atoms with Crippen LogP contribution in [0.2, 0.25) is 0 Å². The maximum Gasteiger partial charge on any atom is 0.226 e. The van der Waals surface area contributed by atoms with Crippen LogP contribution >= 0.6 is 0 Å². The second-order valence-electron chi connectivity index (χ2n) is 4.41. The first-order valence-electron chi connectivity index (χ1n) is 5.66. The molecule has 3 rings (SSSR count). The van der Waals surface area contributed by atoms with Crippen molar-refractivity contribution in [3.63, 3.8) is 0 Å². The number of aromatic nitrogens is 1. The van der Waals surface area contributed by atoms with E-state index in [9.17, 15) is 4.79 Å². The molecular formula is C13H14N2O. The quantitative estimate of drug-likeness (QED) is 0.750. The van der Waals surface area contributed by atoms with Gasteiger partial charge in [0.15, 0.2) is 0 Å². The third-order valence-electron chi connectivity index (χ3n) is 3.46. The van der Waals surface area contributed by atoms with Gasteiger partial charge in [-0.3, -0.25) is 4.79 Å². The van der Waals surface area contributed by atoms with E-state index in [1.54, 1.807) is 0 Å². The summed E-state index contributed by atoms with van der Waals surface area (Å²) in [6, 6.07) is 8.19. The Bertz CT molecular complexity index is 556. The van der Waals surface area contributed by atoms with E-state index in [0.29, 0.717) is 0 Å². The molecule has 0 radical (unpaired) electrons. The zero-order valence-corrected chi connectivity index (χ0v) is 8.99. The Balaban J connectivity index is 2.25. The van der Waals surface area contributed by atoms with Gasteiger partial charge in [0, 0.05) is 16.6 Å². The third-order valence-corrected chi connectivity index (χ3v) is 3.46. The van der Waals surface area contributed by atoms with Crippen molar-refractivity contribution in [1.82, 2.24) is 4.98 Å². The highest BCUT2D eigenvalue weighted by Gasteiger charge is 2.27. The summed E-state index contributed by atoms with van der Waals surface area (Å²) in [4.78, 5) is 14.7. The Hall–Kier alpha value is -1.77. The molecule has 1 amide bonds. The third kappa shape index (κ3) is 1.24. The number of para-hydroxylation sites is 1. The number of nitrogens with two attached hydrogens (primary N) is 1. The summed E-state index contributed by atoms with van der Waals surface area (Å²) in [6.45, 7) is 0. The zero-order valence-electron chi connectivity index (χ0n) is 8.99. The summed E-state index contributed by atoms with van der Waals surface area (Å²) in [5.74, 6) is -0.344. The summed E-state index contributed by atoms with van der Waals surface area (Å²) < 4.78 is 0. The minimum atomic E-state index is -0.215. The fraction of sp³-hybridized carbons (Fsp3) is 0.308. The molecule has 0 aliphatic heterocycles. The van der Waals surface area contributed by atoms with Crippen molar-refractivity contribution in [1.29, 1.82) is 0 Å². The first-order chi connectivity index (χ1) is 7.77. The first-order valence-corrected chi connectivity index (χ1v) is 5.66. The number of amides is 1. The van der Waals surface area contributed by atoms with Crippen molar-refractivity contribution < 1.29 is 4.79 Å². The number of hydrogen-bond donors (Lipinski definition) is 2. The molecule has 1 heterocycles. The number of H-pyrrole nitrogens is 1. The Morgan fingerprint density at radius 1 is 1.38 bits per heavy atom. The van der Waals surface area contributed by atoms with Gasteiger partial charge in [0.1, 0.15) is 0 Å². The van der Waals surface area contributed by atoms with Crippen molar-refractivity contribution in [2.24, 2.45) is 5.73 Å². The maximum absolute atomic E-state index is 11.4. The van der Waals surface area contributed by atoms with Crippen molar-refractivity contribution in [2.75, 3.05) is 0 Å². The van der Waals surface area contributed by atoms with Crippen LogP contribution in [0.4, 0.5) is 0 Å². The SMILES string of the molecule is NC(=O)C1CCCc2c1[nH]c1ccccc21. The molecular weight excluding hydrogens is 200 g/mol. The lowest BCUT2D eigenvalue weighted by atomic mass is 9.86. The van der Waals surface area contributed by atoms with E-state index in [1.807, 2.05) is 18.2 Å². The van der Waals surface area contributed by atoms with Gasteiger partial charge in [-0.15, -0.1) is 0 Å². The van der Waals surface area contributed by atoms with E-state index in [2.05, 4.69) is 11.1 Å². The number of carbonyl (C=O) groups excluding carboxylic acids is 1. The Kier molecular flexibility index (Phi) is 1.99. The highest BCUT2D eigenvalue weighted by Crippen LogP contribution is 2.35. The molecule has 1 aromatic carbocycles. The molecule has 1 aliphatic rings. The highest BCUT2D eigenvalue weighted by molar-refractivity contribution is 5.89. The second kappa shape index (κ2) is 3.37. The number of hydrogen-bond acceptors (Lipinski definition) is 1. The number of rotatable bonds is 1. The lowest BCUT2D eigenvalue weighted by Gasteiger charge is -2.19.